The molecule has 6 nitrogen and oxygen atoms in total. The van der Waals surface area contributed by atoms with Gasteiger partial charge in [-0.1, -0.05) is 32.9 Å². The number of ketones is 1. The highest BCUT2D eigenvalue weighted by atomic mass is 32.2. The van der Waals surface area contributed by atoms with Gasteiger partial charge in [0.1, 0.15) is 0 Å². The van der Waals surface area contributed by atoms with E-state index >= 15 is 0 Å². The molecule has 7 heteroatoms. The molecule has 26 heavy (non-hydrogen) atoms. The van der Waals surface area contributed by atoms with E-state index in [4.69, 9.17) is 0 Å². The molecule has 2 N–H and O–H groups in total. The molecule has 0 saturated carbocycles. The fourth-order valence-electron chi connectivity index (χ4n) is 2.02. The van der Waals surface area contributed by atoms with Crippen molar-refractivity contribution in [1.29, 1.82) is 0 Å². The van der Waals surface area contributed by atoms with Gasteiger partial charge in [-0.3, -0.25) is 14.3 Å². The van der Waals surface area contributed by atoms with Crippen molar-refractivity contribution in [3.05, 3.63) is 54.1 Å². The Morgan fingerprint density at radius 3 is 1.81 bits per heavy atom. The molecule has 0 aliphatic rings. The van der Waals surface area contributed by atoms with Crippen molar-refractivity contribution in [1.82, 2.24) is 0 Å². The van der Waals surface area contributed by atoms with Gasteiger partial charge in [0, 0.05) is 22.4 Å². The average molecular weight is 374 g/mol. The highest BCUT2D eigenvalue weighted by Gasteiger charge is 2.21. The summed E-state index contributed by atoms with van der Waals surface area (Å²) < 4.78 is 27.3. The summed E-state index contributed by atoms with van der Waals surface area (Å²) in [6.45, 7) is 6.84. The molecule has 0 bridgehead atoms. The fourth-order valence-corrected chi connectivity index (χ4v) is 3.08. The van der Waals surface area contributed by atoms with Gasteiger partial charge < -0.3 is 5.32 Å². The molecule has 0 spiro atoms. The number of benzene rings is 2. The van der Waals surface area contributed by atoms with Crippen LogP contribution >= 0.6 is 0 Å². The van der Waals surface area contributed by atoms with Gasteiger partial charge >= 0.3 is 0 Å². The number of carbonyl (C=O) groups excluding carboxylic acids is 2. The minimum absolute atomic E-state index is 0.0626. The van der Waals surface area contributed by atoms with Crippen LogP contribution in [0.1, 0.15) is 38.1 Å². The van der Waals surface area contributed by atoms with E-state index in [1.54, 1.807) is 24.3 Å². The fraction of sp³-hybridized carbons (Fsp3) is 0.263. The van der Waals surface area contributed by atoms with E-state index < -0.39 is 15.4 Å². The maximum Gasteiger partial charge on any atom is 0.261 e. The summed E-state index contributed by atoms with van der Waals surface area (Å²) in [7, 11) is -3.76. The minimum Gasteiger partial charge on any atom is -0.326 e. The second-order valence-corrected chi connectivity index (χ2v) is 8.65. The van der Waals surface area contributed by atoms with E-state index in [0.29, 0.717) is 16.9 Å². The monoisotopic (exact) mass is 374 g/mol. The zero-order valence-corrected chi connectivity index (χ0v) is 16.0. The smallest absolute Gasteiger partial charge is 0.261 e. The topological polar surface area (TPSA) is 92.3 Å². The zero-order valence-electron chi connectivity index (χ0n) is 15.2. The van der Waals surface area contributed by atoms with Gasteiger partial charge in [0.05, 0.1) is 4.90 Å². The SMILES string of the molecule is CC(=O)c1ccc(S(=O)(=O)Nc2ccc(NC(=O)C(C)(C)C)cc2)cc1. The molecule has 0 radical (unpaired) electrons. The van der Waals surface area contributed by atoms with E-state index in [2.05, 4.69) is 10.0 Å². The number of hydrogen-bond acceptors (Lipinski definition) is 4. The van der Waals surface area contributed by atoms with Gasteiger partial charge in [-0.2, -0.15) is 0 Å². The number of anilines is 2. The molecule has 0 saturated heterocycles. The van der Waals surface area contributed by atoms with Crippen LogP contribution in [0.3, 0.4) is 0 Å². The first-order valence-electron chi connectivity index (χ1n) is 8.04. The Labute approximate surface area is 153 Å². The number of hydrogen-bond donors (Lipinski definition) is 2. The first-order valence-corrected chi connectivity index (χ1v) is 9.53. The summed E-state index contributed by atoms with van der Waals surface area (Å²) in [4.78, 5) is 23.3. The third kappa shape index (κ3) is 4.92. The van der Waals surface area contributed by atoms with E-state index in [1.807, 2.05) is 20.8 Å². The highest BCUT2D eigenvalue weighted by molar-refractivity contribution is 7.92. The second kappa shape index (κ2) is 7.29. The maximum absolute atomic E-state index is 12.4. The molecular formula is C19H22N2O4S. The third-order valence-electron chi connectivity index (χ3n) is 3.65. The lowest BCUT2D eigenvalue weighted by Gasteiger charge is -2.17. The van der Waals surface area contributed by atoms with Crippen molar-refractivity contribution in [2.75, 3.05) is 10.0 Å². The summed E-state index contributed by atoms with van der Waals surface area (Å²) in [5.74, 6) is -0.258. The Hall–Kier alpha value is -2.67. The number of rotatable bonds is 5. The number of Topliss-reactive ketones (excluding diaryl/α,β-unsaturated/α-hetero) is 1. The summed E-state index contributed by atoms with van der Waals surface area (Å²) in [6.07, 6.45) is 0. The largest absolute Gasteiger partial charge is 0.326 e. The maximum atomic E-state index is 12.4. The van der Waals surface area contributed by atoms with Crippen molar-refractivity contribution in [2.45, 2.75) is 32.6 Å². The van der Waals surface area contributed by atoms with Crippen LogP contribution in [-0.2, 0) is 14.8 Å². The van der Waals surface area contributed by atoms with Crippen molar-refractivity contribution in [2.24, 2.45) is 5.41 Å². The molecule has 138 valence electrons. The van der Waals surface area contributed by atoms with E-state index in [9.17, 15) is 18.0 Å². The lowest BCUT2D eigenvalue weighted by molar-refractivity contribution is -0.123. The van der Waals surface area contributed by atoms with Crippen LogP contribution in [0.15, 0.2) is 53.4 Å². The number of nitrogens with one attached hydrogen (secondary N) is 2. The molecule has 0 heterocycles. The Morgan fingerprint density at radius 2 is 1.35 bits per heavy atom. The molecule has 0 atom stereocenters. The van der Waals surface area contributed by atoms with Gasteiger partial charge in [-0.05, 0) is 43.3 Å². The minimum atomic E-state index is -3.76. The van der Waals surface area contributed by atoms with Gasteiger partial charge in [-0.15, -0.1) is 0 Å². The normalized spacial score (nSPS) is 11.7. The third-order valence-corrected chi connectivity index (χ3v) is 5.04. The van der Waals surface area contributed by atoms with Gasteiger partial charge in [0.2, 0.25) is 5.91 Å². The average Bonchev–Trinajstić information content (AvgIpc) is 2.55. The van der Waals surface area contributed by atoms with Gasteiger partial charge in [0.25, 0.3) is 10.0 Å². The Bertz CT molecular complexity index is 910. The van der Waals surface area contributed by atoms with Crippen molar-refractivity contribution >= 4 is 33.1 Å². The Balaban J connectivity index is 2.12. The molecule has 2 aromatic rings. The predicted octanol–water partition coefficient (Wildman–Crippen LogP) is 3.67. The van der Waals surface area contributed by atoms with Crippen LogP contribution in [0.5, 0.6) is 0 Å². The molecule has 1 amide bonds. The molecule has 2 aromatic carbocycles. The number of amides is 1. The second-order valence-electron chi connectivity index (χ2n) is 6.97. The molecule has 0 aliphatic heterocycles. The highest BCUT2D eigenvalue weighted by Crippen LogP contribution is 2.21. The quantitative estimate of drug-likeness (QED) is 0.781. The first-order chi connectivity index (χ1) is 12.0. The molecule has 0 unspecified atom stereocenters. The summed E-state index contributed by atoms with van der Waals surface area (Å²) >= 11 is 0. The van der Waals surface area contributed by atoms with Crippen LogP contribution < -0.4 is 10.0 Å². The van der Waals surface area contributed by atoms with Crippen LogP contribution in [-0.4, -0.2) is 20.1 Å². The van der Waals surface area contributed by atoms with E-state index in [0.717, 1.165) is 0 Å². The van der Waals surface area contributed by atoms with Crippen LogP contribution in [0.4, 0.5) is 11.4 Å². The number of carbonyl (C=O) groups is 2. The van der Waals surface area contributed by atoms with E-state index in [-0.39, 0.29) is 16.6 Å². The lowest BCUT2D eigenvalue weighted by atomic mass is 9.95. The van der Waals surface area contributed by atoms with E-state index in [1.165, 1.54) is 31.2 Å². The molecular weight excluding hydrogens is 352 g/mol. The van der Waals surface area contributed by atoms with Crippen molar-refractivity contribution in [3.8, 4) is 0 Å². The summed E-state index contributed by atoms with van der Waals surface area (Å²) in [6, 6.07) is 12.1. The summed E-state index contributed by atoms with van der Waals surface area (Å²) in [5, 5.41) is 2.77. The number of sulfonamides is 1. The summed E-state index contributed by atoms with van der Waals surface area (Å²) in [5.41, 5.74) is 0.878. The van der Waals surface area contributed by atoms with Crippen LogP contribution in [0.25, 0.3) is 0 Å². The molecule has 2 rings (SSSR count). The Kier molecular flexibility index (Phi) is 5.51. The van der Waals surface area contributed by atoms with Crippen LogP contribution in [0.2, 0.25) is 0 Å². The van der Waals surface area contributed by atoms with Gasteiger partial charge in [-0.25, -0.2) is 8.42 Å². The standard InChI is InChI=1S/C19H22N2O4S/c1-13(22)14-5-11-17(12-6-14)26(24,25)21-16-9-7-15(8-10-16)20-18(23)19(2,3)4/h5-12,21H,1-4H3,(H,20,23). The first kappa shape index (κ1) is 19.7. The molecule has 0 fully saturated rings. The van der Waals surface area contributed by atoms with Gasteiger partial charge in [0.15, 0.2) is 5.78 Å². The molecule has 0 aliphatic carbocycles. The van der Waals surface area contributed by atoms with Crippen molar-refractivity contribution in [3.63, 3.8) is 0 Å². The zero-order chi connectivity index (χ0) is 19.5. The molecule has 0 aromatic heterocycles. The van der Waals surface area contributed by atoms with Crippen LogP contribution in [0, 0.1) is 5.41 Å². The lowest BCUT2D eigenvalue weighted by Crippen LogP contribution is -2.27. The van der Waals surface area contributed by atoms with Crippen molar-refractivity contribution < 1.29 is 18.0 Å². The predicted molar refractivity (Wildman–Crippen MR) is 102 cm³/mol. The Morgan fingerprint density at radius 1 is 0.846 bits per heavy atom.